The Bertz CT molecular complexity index is 718. The van der Waals surface area contributed by atoms with Gasteiger partial charge in [0.15, 0.2) is 5.82 Å². The van der Waals surface area contributed by atoms with E-state index in [0.717, 1.165) is 63.3 Å². The Balaban J connectivity index is 1.40. The molecule has 0 bridgehead atoms. The van der Waals surface area contributed by atoms with Gasteiger partial charge in [-0.3, -0.25) is 4.90 Å². The van der Waals surface area contributed by atoms with E-state index in [2.05, 4.69) is 42.8 Å². The normalized spacial score (nSPS) is 19.0. The van der Waals surface area contributed by atoms with Crippen LogP contribution in [-0.2, 0) is 6.54 Å². The second kappa shape index (κ2) is 6.95. The second-order valence-corrected chi connectivity index (χ2v) is 6.86. The van der Waals surface area contributed by atoms with Gasteiger partial charge in [-0.15, -0.1) is 0 Å². The van der Waals surface area contributed by atoms with E-state index in [1.165, 1.54) is 12.8 Å². The maximum Gasteiger partial charge on any atom is 0.240 e. The van der Waals surface area contributed by atoms with Gasteiger partial charge in [0.05, 0.1) is 6.54 Å². The first-order valence-corrected chi connectivity index (χ1v) is 9.04. The number of anilines is 2. The van der Waals surface area contributed by atoms with E-state index >= 15 is 0 Å². The molecule has 0 radical (unpaired) electrons. The van der Waals surface area contributed by atoms with Crippen molar-refractivity contribution in [3.8, 4) is 0 Å². The van der Waals surface area contributed by atoms with Crippen LogP contribution in [0.2, 0.25) is 0 Å². The summed E-state index contributed by atoms with van der Waals surface area (Å²) in [6, 6.07) is 2.09. The first-order valence-electron chi connectivity index (χ1n) is 9.04. The number of piperazine rings is 1. The van der Waals surface area contributed by atoms with Crippen LogP contribution in [0.5, 0.6) is 0 Å². The second-order valence-electron chi connectivity index (χ2n) is 6.86. The zero-order valence-electron chi connectivity index (χ0n) is 15.0. The van der Waals surface area contributed by atoms with Gasteiger partial charge in [-0.05, 0) is 26.7 Å². The van der Waals surface area contributed by atoms with E-state index < -0.39 is 0 Å². The molecule has 2 aromatic rings. The molecule has 0 atom stereocenters. The lowest BCUT2D eigenvalue weighted by atomic mass is 10.3. The third-order valence-electron chi connectivity index (χ3n) is 4.84. The first-order chi connectivity index (χ1) is 12.2. The Hall–Kier alpha value is -2.22. The lowest BCUT2D eigenvalue weighted by Crippen LogP contribution is -2.46. The van der Waals surface area contributed by atoms with E-state index in [1.54, 1.807) is 0 Å². The van der Waals surface area contributed by atoms with Crippen LogP contribution in [0, 0.1) is 13.8 Å². The molecule has 0 unspecified atom stereocenters. The number of aromatic nitrogens is 4. The Morgan fingerprint density at radius 2 is 1.68 bits per heavy atom. The highest BCUT2D eigenvalue weighted by molar-refractivity contribution is 5.46. The van der Waals surface area contributed by atoms with Gasteiger partial charge >= 0.3 is 0 Å². The van der Waals surface area contributed by atoms with Crippen LogP contribution >= 0.6 is 0 Å². The van der Waals surface area contributed by atoms with Gasteiger partial charge in [0.25, 0.3) is 0 Å². The minimum Gasteiger partial charge on any atom is -0.354 e. The lowest BCUT2D eigenvalue weighted by Gasteiger charge is -2.35. The average Bonchev–Trinajstić information content (AvgIpc) is 3.27. The fourth-order valence-corrected chi connectivity index (χ4v) is 3.49. The Morgan fingerprint density at radius 1 is 0.920 bits per heavy atom. The van der Waals surface area contributed by atoms with Gasteiger partial charge in [0.2, 0.25) is 11.8 Å². The molecule has 8 nitrogen and oxygen atoms in total. The molecule has 2 saturated heterocycles. The summed E-state index contributed by atoms with van der Waals surface area (Å²) in [5, 5.41) is 3.86. The van der Waals surface area contributed by atoms with E-state index in [1.807, 2.05) is 6.92 Å². The minimum absolute atomic E-state index is 0.694. The molecule has 0 aromatic carbocycles. The van der Waals surface area contributed by atoms with Gasteiger partial charge in [0.1, 0.15) is 5.82 Å². The Labute approximate surface area is 147 Å². The zero-order chi connectivity index (χ0) is 17.2. The molecule has 0 spiro atoms. The third kappa shape index (κ3) is 3.73. The van der Waals surface area contributed by atoms with Crippen LogP contribution in [0.25, 0.3) is 0 Å². The van der Waals surface area contributed by atoms with E-state index in [0.29, 0.717) is 11.7 Å². The topological polar surface area (TPSA) is 74.4 Å². The van der Waals surface area contributed by atoms with Crippen LogP contribution in [0.15, 0.2) is 10.6 Å². The molecule has 8 heteroatoms. The smallest absolute Gasteiger partial charge is 0.240 e. The molecule has 2 aliphatic heterocycles. The highest BCUT2D eigenvalue weighted by Crippen LogP contribution is 2.22. The standard InChI is InChI=1S/C17H25N7O/c1-13-11-15(20-17(18-13)24-5-3-4-6-24)23-9-7-22(8-10-23)12-16-19-14(2)21-25-16/h11H,3-10,12H2,1-2H3. The highest BCUT2D eigenvalue weighted by atomic mass is 16.5. The van der Waals surface area contributed by atoms with Crippen LogP contribution in [0.4, 0.5) is 11.8 Å². The predicted octanol–water partition coefficient (Wildman–Crippen LogP) is 1.40. The molecule has 4 heterocycles. The number of hydrogen-bond donors (Lipinski definition) is 0. The lowest BCUT2D eigenvalue weighted by molar-refractivity contribution is 0.215. The van der Waals surface area contributed by atoms with Gasteiger partial charge in [0, 0.05) is 51.0 Å². The summed E-state index contributed by atoms with van der Waals surface area (Å²) in [4.78, 5) is 20.8. The van der Waals surface area contributed by atoms with Gasteiger partial charge in [-0.1, -0.05) is 5.16 Å². The van der Waals surface area contributed by atoms with Crippen molar-refractivity contribution in [2.24, 2.45) is 0 Å². The van der Waals surface area contributed by atoms with Gasteiger partial charge in [-0.2, -0.15) is 9.97 Å². The first kappa shape index (κ1) is 16.3. The quantitative estimate of drug-likeness (QED) is 0.825. The van der Waals surface area contributed by atoms with Crippen molar-refractivity contribution in [3.63, 3.8) is 0 Å². The minimum atomic E-state index is 0.694. The molecule has 2 aromatic heterocycles. The summed E-state index contributed by atoms with van der Waals surface area (Å²) in [5.41, 5.74) is 1.04. The summed E-state index contributed by atoms with van der Waals surface area (Å²) in [6.07, 6.45) is 2.47. The van der Waals surface area contributed by atoms with E-state index in [9.17, 15) is 0 Å². The molecular formula is C17H25N7O. The molecule has 0 N–H and O–H groups in total. The summed E-state index contributed by atoms with van der Waals surface area (Å²) in [7, 11) is 0. The number of nitrogens with zero attached hydrogens (tertiary/aromatic N) is 7. The van der Waals surface area contributed by atoms with E-state index in [4.69, 9.17) is 9.51 Å². The van der Waals surface area contributed by atoms with Crippen LogP contribution in [0.1, 0.15) is 30.3 Å². The molecular weight excluding hydrogens is 318 g/mol. The van der Waals surface area contributed by atoms with Crippen molar-refractivity contribution in [1.29, 1.82) is 0 Å². The Morgan fingerprint density at radius 3 is 2.36 bits per heavy atom. The van der Waals surface area contributed by atoms with Crippen LogP contribution < -0.4 is 9.80 Å². The van der Waals surface area contributed by atoms with Crippen molar-refractivity contribution >= 4 is 11.8 Å². The summed E-state index contributed by atoms with van der Waals surface area (Å²) in [5.74, 6) is 3.32. The number of rotatable bonds is 4. The van der Waals surface area contributed by atoms with Crippen LogP contribution in [-0.4, -0.2) is 64.3 Å². The summed E-state index contributed by atoms with van der Waals surface area (Å²) < 4.78 is 5.22. The number of aryl methyl sites for hydroxylation is 2. The molecule has 0 aliphatic carbocycles. The molecule has 0 saturated carbocycles. The average molecular weight is 343 g/mol. The van der Waals surface area contributed by atoms with Gasteiger partial charge < -0.3 is 14.3 Å². The maximum atomic E-state index is 5.22. The molecule has 2 aliphatic rings. The maximum absolute atomic E-state index is 5.22. The summed E-state index contributed by atoms with van der Waals surface area (Å²) >= 11 is 0. The SMILES string of the molecule is Cc1cc(N2CCN(Cc3nc(C)no3)CC2)nc(N2CCCC2)n1. The highest BCUT2D eigenvalue weighted by Gasteiger charge is 2.22. The summed E-state index contributed by atoms with van der Waals surface area (Å²) in [6.45, 7) is 10.6. The molecule has 2 fully saturated rings. The van der Waals surface area contributed by atoms with Crippen molar-refractivity contribution in [2.45, 2.75) is 33.2 Å². The van der Waals surface area contributed by atoms with Crippen molar-refractivity contribution < 1.29 is 4.52 Å². The fourth-order valence-electron chi connectivity index (χ4n) is 3.49. The zero-order valence-corrected chi connectivity index (χ0v) is 15.0. The van der Waals surface area contributed by atoms with Gasteiger partial charge in [-0.25, -0.2) is 4.98 Å². The molecule has 134 valence electrons. The number of hydrogen-bond acceptors (Lipinski definition) is 8. The fraction of sp³-hybridized carbons (Fsp3) is 0.647. The largest absolute Gasteiger partial charge is 0.354 e. The molecule has 0 amide bonds. The van der Waals surface area contributed by atoms with Crippen molar-refractivity contribution in [2.75, 3.05) is 49.1 Å². The van der Waals surface area contributed by atoms with Crippen LogP contribution in [0.3, 0.4) is 0 Å². The van der Waals surface area contributed by atoms with Crippen molar-refractivity contribution in [3.05, 3.63) is 23.5 Å². The molecule has 4 rings (SSSR count). The predicted molar refractivity (Wildman–Crippen MR) is 94.7 cm³/mol. The molecule has 25 heavy (non-hydrogen) atoms. The third-order valence-corrected chi connectivity index (χ3v) is 4.84. The van der Waals surface area contributed by atoms with Crippen molar-refractivity contribution in [1.82, 2.24) is 25.0 Å². The monoisotopic (exact) mass is 343 g/mol. The Kier molecular flexibility index (Phi) is 4.52. The van der Waals surface area contributed by atoms with E-state index in [-0.39, 0.29) is 0 Å².